The van der Waals surface area contributed by atoms with Crippen LogP contribution in [0.4, 0.5) is 42.9 Å². The Balaban J connectivity index is 0.995. The molecule has 18 nitrogen and oxygen atoms in total. The number of fused-ring (bicyclic) bond motifs is 2. The molecule has 0 bridgehead atoms. The van der Waals surface area contributed by atoms with Gasteiger partial charge in [-0.1, -0.05) is 12.1 Å². The number of carbonyl (C=O) groups is 4. The summed E-state index contributed by atoms with van der Waals surface area (Å²) in [5, 5.41) is 14.4. The largest absolute Gasteiger partial charge is 0.465 e. The van der Waals surface area contributed by atoms with Gasteiger partial charge in [-0.2, -0.15) is 0 Å². The monoisotopic (exact) mass is 1100 g/mol. The molecule has 5 N–H and O–H groups in total. The van der Waals surface area contributed by atoms with Crippen molar-refractivity contribution in [3.63, 3.8) is 0 Å². The molecule has 6 aromatic rings. The summed E-state index contributed by atoms with van der Waals surface area (Å²) < 4.78 is 96.9. The fourth-order valence-corrected chi connectivity index (χ4v) is 12.3. The molecule has 4 saturated heterocycles. The van der Waals surface area contributed by atoms with E-state index in [2.05, 4.69) is 20.6 Å². The smallest absolute Gasteiger partial charge is 0.407 e. The minimum atomic E-state index is -1.39. The number of carbonyl (C=O) groups excluding carboxylic acids is 3. The summed E-state index contributed by atoms with van der Waals surface area (Å²) in [6.07, 6.45) is 0.0154. The van der Waals surface area contributed by atoms with E-state index < -0.39 is 95.7 Å². The highest BCUT2D eigenvalue weighted by molar-refractivity contribution is 5.88. The second-order valence-corrected chi connectivity index (χ2v) is 20.9. The lowest BCUT2D eigenvalue weighted by molar-refractivity contribution is -0.138. The Morgan fingerprint density at radius 2 is 1.10 bits per heavy atom. The standard InChI is InChI=1S/C56H63F5N10O8/c1-28(77-3)48(66-55(74)75)53(72)69-18-6-8-46(69)51-62-40-24-34(36(58)26-42(40)64-51)44-14-15-45(71(44)33-22-38(60)50(39(61)23-33)68-20-16-31(17-21-68)30-10-12-32(57)13-11-30)35-25-41-43(27-37(35)59)65-52(63-41)47-9-7-19-70(47)54(73)49(29(2)78-4)67-56(76)79-5/h10-13,22-29,31,44-49,66H,6-9,14-21H2,1-5H3,(H,62,64)(H,63,65)(H,67,76)(H,74,75)/t28-,29?,44-,45-,46+,47+,48+,49+/m1/s1. The minimum absolute atomic E-state index is 0.0393. The van der Waals surface area contributed by atoms with Crippen LogP contribution in [0.25, 0.3) is 22.1 Å². The molecule has 0 aliphatic carbocycles. The van der Waals surface area contributed by atoms with Gasteiger partial charge >= 0.3 is 12.2 Å². The molecule has 10 rings (SSSR count). The SMILES string of the molecule is COC(=O)N[C@H](C(=O)N1CCC[C@H]1c1nc2cc(F)c([C@H]3CC[C@H](c4cc5[nH]c([C@@H]6CCCN6C(=O)[C@@H](NC(=O)O)[C@@H](C)OC)nc5cc4F)N3c3cc(F)c(N4CCC(c5ccc(F)cc5)CC4)c(F)c3)cc2[nH]1)C(C)OC. The van der Waals surface area contributed by atoms with Crippen molar-refractivity contribution in [2.75, 3.05) is 57.3 Å². The summed E-state index contributed by atoms with van der Waals surface area (Å²) in [4.78, 5) is 74.3. The zero-order valence-electron chi connectivity index (χ0n) is 44.3. The van der Waals surface area contributed by atoms with Gasteiger partial charge < -0.3 is 59.5 Å². The summed E-state index contributed by atoms with van der Waals surface area (Å²) in [6, 6.07) is 9.00. The molecular weight excluding hydrogens is 1040 g/mol. The maximum Gasteiger partial charge on any atom is 0.407 e. The Kier molecular flexibility index (Phi) is 15.7. The molecule has 2 aromatic heterocycles. The van der Waals surface area contributed by atoms with E-state index >= 15 is 17.6 Å². The first kappa shape index (κ1) is 54.8. The molecule has 0 saturated carbocycles. The number of alkyl carbamates (subject to hydrolysis) is 1. The Morgan fingerprint density at radius 3 is 1.56 bits per heavy atom. The number of hydrogen-bond acceptors (Lipinski definition) is 11. The van der Waals surface area contributed by atoms with Crippen molar-refractivity contribution in [1.82, 2.24) is 40.4 Å². The molecule has 4 amide bonds. The lowest BCUT2D eigenvalue weighted by Gasteiger charge is -2.36. The number of rotatable bonds is 15. The molecule has 420 valence electrons. The second kappa shape index (κ2) is 22.7. The summed E-state index contributed by atoms with van der Waals surface area (Å²) in [5.74, 6) is -3.59. The molecule has 4 aliphatic heterocycles. The van der Waals surface area contributed by atoms with Crippen molar-refractivity contribution in [2.24, 2.45) is 0 Å². The van der Waals surface area contributed by atoms with E-state index in [-0.39, 0.29) is 58.1 Å². The maximum absolute atomic E-state index is 17.0. The number of imidazole rings is 2. The number of H-pyrrole nitrogens is 2. The summed E-state index contributed by atoms with van der Waals surface area (Å²) in [7, 11) is 3.98. The minimum Gasteiger partial charge on any atom is -0.465 e. The van der Waals surface area contributed by atoms with E-state index in [1.807, 2.05) is 0 Å². The van der Waals surface area contributed by atoms with Crippen LogP contribution < -0.4 is 20.4 Å². The number of anilines is 2. The Labute approximate surface area is 451 Å². The van der Waals surface area contributed by atoms with Gasteiger partial charge in [-0.15, -0.1) is 0 Å². The van der Waals surface area contributed by atoms with Crippen LogP contribution >= 0.6 is 0 Å². The van der Waals surface area contributed by atoms with Gasteiger partial charge in [0.05, 0.1) is 65.6 Å². The fraction of sp³-hybridized carbons (Fsp3) is 0.464. The molecular formula is C56H63F5N10O8. The molecule has 6 heterocycles. The third-order valence-corrected chi connectivity index (χ3v) is 16.4. The van der Waals surface area contributed by atoms with Crippen LogP contribution in [0.5, 0.6) is 0 Å². The Morgan fingerprint density at radius 1 is 0.620 bits per heavy atom. The molecule has 0 radical (unpaired) electrons. The van der Waals surface area contributed by atoms with Crippen molar-refractivity contribution in [3.8, 4) is 0 Å². The first-order valence-corrected chi connectivity index (χ1v) is 26.6. The second-order valence-electron chi connectivity index (χ2n) is 20.9. The predicted octanol–water partition coefficient (Wildman–Crippen LogP) is 9.36. The van der Waals surface area contributed by atoms with Crippen molar-refractivity contribution < 1.29 is 60.4 Å². The number of likely N-dealkylation sites (tertiary alicyclic amines) is 2. The third-order valence-electron chi connectivity index (χ3n) is 16.4. The zero-order chi connectivity index (χ0) is 56.0. The molecule has 0 spiro atoms. The van der Waals surface area contributed by atoms with Crippen molar-refractivity contribution >= 4 is 57.4 Å². The van der Waals surface area contributed by atoms with Gasteiger partial charge in [0.15, 0.2) is 11.6 Å². The van der Waals surface area contributed by atoms with Crippen molar-refractivity contribution in [3.05, 3.63) is 118 Å². The van der Waals surface area contributed by atoms with Gasteiger partial charge in [-0.3, -0.25) is 9.59 Å². The van der Waals surface area contributed by atoms with E-state index in [4.69, 9.17) is 24.2 Å². The van der Waals surface area contributed by atoms with Gasteiger partial charge in [0.25, 0.3) is 0 Å². The predicted molar refractivity (Wildman–Crippen MR) is 281 cm³/mol. The normalized spacial score (nSPS) is 21.4. The van der Waals surface area contributed by atoms with Crippen LogP contribution in [0.15, 0.2) is 60.7 Å². The van der Waals surface area contributed by atoms with E-state index in [0.717, 1.165) is 5.56 Å². The molecule has 79 heavy (non-hydrogen) atoms. The molecule has 8 atom stereocenters. The van der Waals surface area contributed by atoms with Gasteiger partial charge in [0.2, 0.25) is 11.8 Å². The number of halogens is 5. The van der Waals surface area contributed by atoms with E-state index in [1.165, 1.54) is 62.6 Å². The van der Waals surface area contributed by atoms with Crippen LogP contribution in [0, 0.1) is 29.1 Å². The van der Waals surface area contributed by atoms with Gasteiger partial charge in [-0.25, -0.2) is 41.5 Å². The number of amides is 4. The highest BCUT2D eigenvalue weighted by Crippen LogP contribution is 2.50. The number of ether oxygens (including phenoxy) is 3. The van der Waals surface area contributed by atoms with Crippen LogP contribution in [0.3, 0.4) is 0 Å². The van der Waals surface area contributed by atoms with Crippen LogP contribution in [-0.4, -0.2) is 131 Å². The fourth-order valence-electron chi connectivity index (χ4n) is 12.3. The average molecular weight is 1100 g/mol. The van der Waals surface area contributed by atoms with E-state index in [1.54, 1.807) is 52.8 Å². The number of aromatic amines is 2. The lowest BCUT2D eigenvalue weighted by Crippen LogP contribution is -2.54. The first-order chi connectivity index (χ1) is 38.0. The number of carboxylic acid groups (broad SMARTS) is 1. The number of benzene rings is 4. The third kappa shape index (κ3) is 10.7. The zero-order valence-corrected chi connectivity index (χ0v) is 44.3. The van der Waals surface area contributed by atoms with Crippen LogP contribution in [-0.2, 0) is 23.8 Å². The number of nitrogens with one attached hydrogen (secondary N) is 4. The summed E-state index contributed by atoms with van der Waals surface area (Å²) in [6.45, 7) is 4.51. The average Bonchev–Trinajstić information content (AvgIpc) is 4.34. The molecule has 23 heteroatoms. The highest BCUT2D eigenvalue weighted by atomic mass is 19.1. The molecule has 1 unspecified atom stereocenters. The number of methoxy groups -OCH3 is 3. The number of hydrogen-bond donors (Lipinski definition) is 5. The Hall–Kier alpha value is -7.53. The maximum atomic E-state index is 17.0. The van der Waals surface area contributed by atoms with Crippen molar-refractivity contribution in [2.45, 2.75) is 120 Å². The first-order valence-electron chi connectivity index (χ1n) is 26.6. The Bertz CT molecular complexity index is 3240. The summed E-state index contributed by atoms with van der Waals surface area (Å²) >= 11 is 0. The van der Waals surface area contributed by atoms with Gasteiger partial charge in [0, 0.05) is 69.3 Å². The number of piperidine rings is 1. The van der Waals surface area contributed by atoms with Crippen LogP contribution in [0.2, 0.25) is 0 Å². The van der Waals surface area contributed by atoms with E-state index in [9.17, 15) is 28.7 Å². The molecule has 4 aliphatic rings. The van der Waals surface area contributed by atoms with Gasteiger partial charge in [0.1, 0.15) is 46.9 Å². The molecule has 4 fully saturated rings. The number of nitrogens with zero attached hydrogens (tertiary/aromatic N) is 6. The van der Waals surface area contributed by atoms with Gasteiger partial charge in [-0.05, 0) is 113 Å². The summed E-state index contributed by atoms with van der Waals surface area (Å²) in [5.41, 5.74) is 2.34. The van der Waals surface area contributed by atoms with Crippen molar-refractivity contribution in [1.29, 1.82) is 0 Å². The van der Waals surface area contributed by atoms with E-state index in [0.29, 0.717) is 87.4 Å². The number of aromatic nitrogens is 4. The van der Waals surface area contributed by atoms with Crippen LogP contribution in [0.1, 0.15) is 124 Å². The topological polar surface area (TPSA) is 211 Å². The molecule has 4 aromatic carbocycles. The quantitative estimate of drug-likeness (QED) is 0.0609. The lowest BCUT2D eigenvalue weighted by atomic mass is 9.89. The highest BCUT2D eigenvalue weighted by Gasteiger charge is 2.43.